The minimum Gasteiger partial charge on any atom is -0.482 e. The Morgan fingerprint density at radius 2 is 2.22 bits per heavy atom. The predicted molar refractivity (Wildman–Crippen MR) is 81.1 cm³/mol. The van der Waals surface area contributed by atoms with Crippen LogP contribution in [0, 0.1) is 0 Å². The monoisotopic (exact) mass is 321 g/mol. The molecule has 1 saturated heterocycles. The first kappa shape index (κ1) is 15.5. The number of rotatable bonds is 4. The zero-order valence-electron chi connectivity index (χ0n) is 13.1. The Kier molecular flexibility index (Phi) is 4.33. The van der Waals surface area contributed by atoms with Crippen molar-refractivity contribution in [3.05, 3.63) is 27.7 Å². The molecule has 0 unspecified atom stereocenters. The van der Waals surface area contributed by atoms with Gasteiger partial charge in [0.2, 0.25) is 5.88 Å². The molecule has 0 atom stereocenters. The predicted octanol–water partition coefficient (Wildman–Crippen LogP) is 1.10. The lowest BCUT2D eigenvalue weighted by molar-refractivity contribution is 0.0519. The van der Waals surface area contributed by atoms with Crippen molar-refractivity contribution in [2.75, 3.05) is 26.9 Å². The molecule has 1 N–H and O–H groups in total. The number of aromatic nitrogens is 3. The van der Waals surface area contributed by atoms with E-state index in [0.29, 0.717) is 18.9 Å². The summed E-state index contributed by atoms with van der Waals surface area (Å²) in [5, 5.41) is 4.37. The first-order valence-electron chi connectivity index (χ1n) is 7.60. The number of hydrogen-bond acceptors (Lipinski definition) is 6. The molecule has 2 aromatic heterocycles. The van der Waals surface area contributed by atoms with E-state index >= 15 is 0 Å². The lowest BCUT2D eigenvalue weighted by atomic mass is 9.97. The number of hydrogen-bond donors (Lipinski definition) is 1. The third kappa shape index (κ3) is 2.81. The van der Waals surface area contributed by atoms with Crippen LogP contribution in [0.5, 0.6) is 5.88 Å². The van der Waals surface area contributed by atoms with Gasteiger partial charge in [-0.1, -0.05) is 0 Å². The number of esters is 1. The van der Waals surface area contributed by atoms with Gasteiger partial charge in [-0.25, -0.2) is 4.79 Å². The zero-order valence-corrected chi connectivity index (χ0v) is 13.1. The fourth-order valence-electron chi connectivity index (χ4n) is 2.75. The summed E-state index contributed by atoms with van der Waals surface area (Å²) >= 11 is 0. The van der Waals surface area contributed by atoms with E-state index in [9.17, 15) is 9.59 Å². The minimum absolute atomic E-state index is 0.0828. The van der Waals surface area contributed by atoms with E-state index in [-0.39, 0.29) is 24.0 Å². The zero-order chi connectivity index (χ0) is 16.4. The summed E-state index contributed by atoms with van der Waals surface area (Å²) in [4.78, 5) is 27.5. The maximum atomic E-state index is 12.6. The molecule has 2 aromatic rings. The summed E-state index contributed by atoms with van der Waals surface area (Å²) in [6.07, 6.45) is 1.72. The van der Waals surface area contributed by atoms with Gasteiger partial charge < -0.3 is 19.2 Å². The molecular formula is C15H19N3O5. The first-order valence-corrected chi connectivity index (χ1v) is 7.60. The van der Waals surface area contributed by atoms with Crippen molar-refractivity contribution in [1.29, 1.82) is 0 Å². The normalized spacial score (nSPS) is 15.7. The number of carbonyl (C=O) groups is 1. The average Bonchev–Trinajstić information content (AvgIpc) is 3.00. The summed E-state index contributed by atoms with van der Waals surface area (Å²) in [6, 6.07) is 1.81. The van der Waals surface area contributed by atoms with Gasteiger partial charge in [0.05, 0.1) is 19.4 Å². The smallest absolute Gasteiger partial charge is 0.349 e. The van der Waals surface area contributed by atoms with E-state index in [4.69, 9.17) is 14.2 Å². The van der Waals surface area contributed by atoms with Crippen molar-refractivity contribution in [2.45, 2.75) is 25.7 Å². The van der Waals surface area contributed by atoms with E-state index in [1.165, 1.54) is 11.6 Å². The minimum atomic E-state index is -0.726. The standard InChI is InChI=1S/C15H19N3O5/c1-3-23-15(20)12-13(21-2)16-11-8-10(17-18(11)14(12)19)9-4-6-22-7-5-9/h8-9,16H,3-7H2,1-2H3. The van der Waals surface area contributed by atoms with Crippen LogP contribution in [0.25, 0.3) is 5.65 Å². The van der Waals surface area contributed by atoms with Crippen molar-refractivity contribution in [3.63, 3.8) is 0 Å². The molecule has 0 spiro atoms. The van der Waals surface area contributed by atoms with Crippen molar-refractivity contribution in [1.82, 2.24) is 14.6 Å². The van der Waals surface area contributed by atoms with E-state index in [1.54, 1.807) is 6.92 Å². The number of fused-ring (bicyclic) bond motifs is 1. The summed E-state index contributed by atoms with van der Waals surface area (Å²) in [6.45, 7) is 3.22. The van der Waals surface area contributed by atoms with Crippen LogP contribution in [0.1, 0.15) is 41.7 Å². The number of methoxy groups -OCH3 is 1. The van der Waals surface area contributed by atoms with Crippen LogP contribution in [0.4, 0.5) is 0 Å². The van der Waals surface area contributed by atoms with Crippen LogP contribution in [0.2, 0.25) is 0 Å². The maximum Gasteiger partial charge on any atom is 0.349 e. The van der Waals surface area contributed by atoms with Gasteiger partial charge in [-0.05, 0) is 19.8 Å². The van der Waals surface area contributed by atoms with Crippen LogP contribution in [0.15, 0.2) is 10.9 Å². The quantitative estimate of drug-likeness (QED) is 0.847. The largest absolute Gasteiger partial charge is 0.482 e. The molecule has 3 rings (SSSR count). The fraction of sp³-hybridized carbons (Fsp3) is 0.533. The number of ether oxygens (including phenoxy) is 3. The van der Waals surface area contributed by atoms with Gasteiger partial charge in [0, 0.05) is 25.2 Å². The molecule has 8 heteroatoms. The third-order valence-electron chi connectivity index (χ3n) is 3.93. The second kappa shape index (κ2) is 6.41. The van der Waals surface area contributed by atoms with Crippen LogP contribution >= 0.6 is 0 Å². The van der Waals surface area contributed by atoms with E-state index in [1.807, 2.05) is 6.07 Å². The Bertz CT molecular complexity index is 773. The maximum absolute atomic E-state index is 12.6. The molecule has 1 aliphatic rings. The molecule has 0 aromatic carbocycles. The lowest BCUT2D eigenvalue weighted by Crippen LogP contribution is -2.26. The average molecular weight is 321 g/mol. The molecule has 0 radical (unpaired) electrons. The Hall–Kier alpha value is -2.35. The molecule has 0 aliphatic carbocycles. The molecule has 0 bridgehead atoms. The van der Waals surface area contributed by atoms with Crippen LogP contribution in [-0.2, 0) is 9.47 Å². The summed E-state index contributed by atoms with van der Waals surface area (Å²) in [5.74, 6) is -0.400. The van der Waals surface area contributed by atoms with Crippen LogP contribution < -0.4 is 10.3 Å². The molecule has 1 fully saturated rings. The van der Waals surface area contributed by atoms with Gasteiger partial charge in [-0.3, -0.25) is 4.79 Å². The first-order chi connectivity index (χ1) is 11.2. The third-order valence-corrected chi connectivity index (χ3v) is 3.93. The fourth-order valence-corrected chi connectivity index (χ4v) is 2.75. The molecule has 1 aliphatic heterocycles. The molecule has 8 nitrogen and oxygen atoms in total. The second-order valence-corrected chi connectivity index (χ2v) is 5.31. The van der Waals surface area contributed by atoms with Gasteiger partial charge in [0.1, 0.15) is 5.65 Å². The Morgan fingerprint density at radius 3 is 2.87 bits per heavy atom. The molecule has 3 heterocycles. The van der Waals surface area contributed by atoms with Crippen molar-refractivity contribution >= 4 is 11.6 Å². The molecule has 124 valence electrons. The van der Waals surface area contributed by atoms with E-state index < -0.39 is 11.5 Å². The molecular weight excluding hydrogens is 302 g/mol. The van der Waals surface area contributed by atoms with Gasteiger partial charge >= 0.3 is 5.97 Å². The molecule has 0 amide bonds. The SMILES string of the molecule is CCOC(=O)c1c(OC)[nH]c2cc(C3CCOCC3)nn2c1=O. The van der Waals surface area contributed by atoms with Gasteiger partial charge in [0.25, 0.3) is 5.56 Å². The highest BCUT2D eigenvalue weighted by Gasteiger charge is 2.25. The number of aromatic amines is 1. The summed E-state index contributed by atoms with van der Waals surface area (Å²) in [7, 11) is 1.39. The molecule has 23 heavy (non-hydrogen) atoms. The number of nitrogens with zero attached hydrogens (tertiary/aromatic N) is 2. The van der Waals surface area contributed by atoms with Crippen LogP contribution in [0.3, 0.4) is 0 Å². The van der Waals surface area contributed by atoms with Crippen molar-refractivity contribution in [2.24, 2.45) is 0 Å². The Morgan fingerprint density at radius 1 is 1.48 bits per heavy atom. The Balaban J connectivity index is 2.09. The van der Waals surface area contributed by atoms with Gasteiger partial charge in [-0.15, -0.1) is 0 Å². The highest BCUT2D eigenvalue weighted by atomic mass is 16.5. The lowest BCUT2D eigenvalue weighted by Gasteiger charge is -2.19. The number of nitrogens with one attached hydrogen (secondary N) is 1. The highest BCUT2D eigenvalue weighted by Crippen LogP contribution is 2.26. The number of carbonyl (C=O) groups excluding carboxylic acids is 1. The summed E-state index contributed by atoms with van der Waals surface area (Å²) in [5.41, 5.74) is 0.571. The highest BCUT2D eigenvalue weighted by molar-refractivity contribution is 5.91. The van der Waals surface area contributed by atoms with Crippen molar-refractivity contribution < 1.29 is 19.0 Å². The van der Waals surface area contributed by atoms with Gasteiger partial charge in [-0.2, -0.15) is 9.61 Å². The number of H-pyrrole nitrogens is 1. The van der Waals surface area contributed by atoms with Crippen LogP contribution in [-0.4, -0.2) is 47.5 Å². The Labute approximate surface area is 132 Å². The van der Waals surface area contributed by atoms with E-state index in [2.05, 4.69) is 10.1 Å². The van der Waals surface area contributed by atoms with Crippen molar-refractivity contribution in [3.8, 4) is 5.88 Å². The topological polar surface area (TPSA) is 94.9 Å². The molecule has 0 saturated carbocycles. The summed E-state index contributed by atoms with van der Waals surface area (Å²) < 4.78 is 16.6. The van der Waals surface area contributed by atoms with E-state index in [0.717, 1.165) is 18.5 Å². The van der Waals surface area contributed by atoms with Gasteiger partial charge in [0.15, 0.2) is 5.56 Å². The second-order valence-electron chi connectivity index (χ2n) is 5.31.